The lowest BCUT2D eigenvalue weighted by Gasteiger charge is -2.36. The van der Waals surface area contributed by atoms with E-state index in [9.17, 15) is 18.0 Å². The highest BCUT2D eigenvalue weighted by Crippen LogP contribution is 2.42. The maximum Gasteiger partial charge on any atom is 0.416 e. The highest BCUT2D eigenvalue weighted by Gasteiger charge is 2.42. The fourth-order valence-electron chi connectivity index (χ4n) is 4.66. The van der Waals surface area contributed by atoms with Gasteiger partial charge in [0, 0.05) is 11.6 Å². The third kappa shape index (κ3) is 5.30. The van der Waals surface area contributed by atoms with Crippen molar-refractivity contribution in [3.8, 4) is 23.0 Å². The molecule has 1 saturated carbocycles. The number of benzene rings is 2. The van der Waals surface area contributed by atoms with Gasteiger partial charge in [0.2, 0.25) is 17.6 Å². The molecule has 0 aliphatic heterocycles. The van der Waals surface area contributed by atoms with Gasteiger partial charge in [-0.15, -0.1) is 10.2 Å². The predicted octanol–water partition coefficient (Wildman–Crippen LogP) is 5.91. The van der Waals surface area contributed by atoms with Crippen LogP contribution in [0.25, 0.3) is 11.4 Å². The number of anilines is 1. The molecule has 0 saturated heterocycles. The highest BCUT2D eigenvalue weighted by atomic mass is 19.4. The van der Waals surface area contributed by atoms with Crippen LogP contribution in [-0.4, -0.2) is 31.5 Å². The fraction of sp³-hybridized carbons (Fsp3) is 0.269. The minimum atomic E-state index is -4.48. The molecule has 8 nitrogen and oxygen atoms in total. The molecular formula is C26H23F3N6O2. The first kappa shape index (κ1) is 24.4. The molecule has 1 aliphatic rings. The van der Waals surface area contributed by atoms with Crippen LogP contribution in [0.1, 0.15) is 43.2 Å². The van der Waals surface area contributed by atoms with E-state index >= 15 is 0 Å². The Morgan fingerprint density at radius 3 is 2.51 bits per heavy atom. The number of alkyl halides is 3. The number of nitrogens with one attached hydrogen (secondary N) is 2. The lowest BCUT2D eigenvalue weighted by atomic mass is 9.68. The van der Waals surface area contributed by atoms with Crippen LogP contribution < -0.4 is 10.1 Å². The number of aromatic nitrogens is 5. The molecule has 1 amide bonds. The van der Waals surface area contributed by atoms with Gasteiger partial charge in [-0.25, -0.2) is 4.98 Å². The summed E-state index contributed by atoms with van der Waals surface area (Å²) in [6, 6.07) is 15.4. The smallest absolute Gasteiger partial charge is 0.416 e. The van der Waals surface area contributed by atoms with Gasteiger partial charge in [-0.05, 0) is 47.9 Å². The fourth-order valence-corrected chi connectivity index (χ4v) is 4.66. The summed E-state index contributed by atoms with van der Waals surface area (Å²) < 4.78 is 45.9. The van der Waals surface area contributed by atoms with Crippen molar-refractivity contribution in [2.24, 2.45) is 0 Å². The first-order valence-electron chi connectivity index (χ1n) is 11.8. The monoisotopic (exact) mass is 508 g/mol. The first-order chi connectivity index (χ1) is 17.8. The molecule has 2 aromatic carbocycles. The van der Waals surface area contributed by atoms with Crippen molar-refractivity contribution < 1.29 is 22.7 Å². The molecule has 0 unspecified atom stereocenters. The minimum absolute atomic E-state index is 0.300. The first-order valence-corrected chi connectivity index (χ1v) is 11.8. The molecule has 37 heavy (non-hydrogen) atoms. The third-order valence-corrected chi connectivity index (χ3v) is 6.54. The number of rotatable bonds is 6. The lowest BCUT2D eigenvalue weighted by Crippen LogP contribution is -2.42. The van der Waals surface area contributed by atoms with Gasteiger partial charge in [0.1, 0.15) is 5.75 Å². The molecule has 1 aliphatic carbocycles. The summed E-state index contributed by atoms with van der Waals surface area (Å²) in [4.78, 5) is 17.8. The third-order valence-electron chi connectivity index (χ3n) is 6.54. The summed E-state index contributed by atoms with van der Waals surface area (Å²) >= 11 is 0. The van der Waals surface area contributed by atoms with E-state index in [1.165, 1.54) is 12.3 Å². The van der Waals surface area contributed by atoms with E-state index in [0.29, 0.717) is 47.1 Å². The van der Waals surface area contributed by atoms with E-state index in [0.717, 1.165) is 31.4 Å². The number of carbonyl (C=O) groups excluding carboxylic acids is 1. The summed E-state index contributed by atoms with van der Waals surface area (Å²) in [7, 11) is 0. The Kier molecular flexibility index (Phi) is 6.60. The number of halogens is 3. The van der Waals surface area contributed by atoms with Crippen molar-refractivity contribution in [3.05, 3.63) is 78.0 Å². The standard InChI is InChI=1S/C26H23F3N6O2/c27-26(28,29)19-8-5-7-18(15-19)25(12-2-1-3-13-25)24(36)31-20-10-11-22(30-16-20)37-21-9-4-6-17(14-21)23-32-34-35-33-23/h4-11,14-16H,1-3,12-13H2,(H,31,36)(H,32,33,34,35). The second-order valence-electron chi connectivity index (χ2n) is 8.93. The molecule has 0 atom stereocenters. The number of aromatic amines is 1. The van der Waals surface area contributed by atoms with Crippen LogP contribution in [0.3, 0.4) is 0 Å². The number of ether oxygens (including phenoxy) is 1. The summed E-state index contributed by atoms with van der Waals surface area (Å²) in [6.07, 6.45) is 0.397. The molecule has 0 spiro atoms. The maximum absolute atomic E-state index is 13.5. The molecule has 4 aromatic rings. The van der Waals surface area contributed by atoms with E-state index < -0.39 is 17.2 Å². The van der Waals surface area contributed by atoms with Gasteiger partial charge >= 0.3 is 6.18 Å². The molecule has 2 aromatic heterocycles. The van der Waals surface area contributed by atoms with E-state index in [2.05, 4.69) is 30.9 Å². The zero-order valence-corrected chi connectivity index (χ0v) is 19.6. The van der Waals surface area contributed by atoms with E-state index in [4.69, 9.17) is 4.74 Å². The average Bonchev–Trinajstić information content (AvgIpc) is 3.45. The highest BCUT2D eigenvalue weighted by molar-refractivity contribution is 5.99. The van der Waals surface area contributed by atoms with Gasteiger partial charge in [-0.3, -0.25) is 4.79 Å². The van der Waals surface area contributed by atoms with E-state index in [-0.39, 0.29) is 5.91 Å². The number of H-pyrrole nitrogens is 1. The quantitative estimate of drug-likeness (QED) is 0.335. The summed E-state index contributed by atoms with van der Waals surface area (Å²) in [5, 5.41) is 16.7. The van der Waals surface area contributed by atoms with Crippen LogP contribution in [-0.2, 0) is 16.4 Å². The van der Waals surface area contributed by atoms with Crippen molar-refractivity contribution in [1.82, 2.24) is 25.6 Å². The number of amides is 1. The summed E-state index contributed by atoms with van der Waals surface area (Å²) in [6.45, 7) is 0. The van der Waals surface area contributed by atoms with Crippen molar-refractivity contribution in [3.63, 3.8) is 0 Å². The number of pyridine rings is 1. The Morgan fingerprint density at radius 2 is 1.81 bits per heavy atom. The molecule has 2 heterocycles. The Bertz CT molecular complexity index is 1370. The average molecular weight is 509 g/mol. The zero-order valence-electron chi connectivity index (χ0n) is 19.6. The van der Waals surface area contributed by atoms with Gasteiger partial charge in [0.05, 0.1) is 22.9 Å². The van der Waals surface area contributed by atoms with Crippen molar-refractivity contribution in [2.75, 3.05) is 5.32 Å². The topological polar surface area (TPSA) is 106 Å². The van der Waals surface area contributed by atoms with Crippen molar-refractivity contribution >= 4 is 11.6 Å². The largest absolute Gasteiger partial charge is 0.439 e. The number of hydrogen-bond donors (Lipinski definition) is 2. The molecule has 190 valence electrons. The number of nitrogens with zero attached hydrogens (tertiary/aromatic N) is 4. The number of carbonyl (C=O) groups is 1. The predicted molar refractivity (Wildman–Crippen MR) is 129 cm³/mol. The second kappa shape index (κ2) is 10.00. The van der Waals surface area contributed by atoms with Crippen LogP contribution in [0, 0.1) is 0 Å². The van der Waals surface area contributed by atoms with Gasteiger partial charge in [-0.2, -0.15) is 18.4 Å². The zero-order chi connectivity index (χ0) is 25.9. The van der Waals surface area contributed by atoms with E-state index in [1.807, 2.05) is 6.07 Å². The molecule has 0 radical (unpaired) electrons. The van der Waals surface area contributed by atoms with Gasteiger partial charge in [0.15, 0.2) is 0 Å². The number of hydrogen-bond acceptors (Lipinski definition) is 6. The van der Waals surface area contributed by atoms with Crippen LogP contribution in [0.4, 0.5) is 18.9 Å². The lowest BCUT2D eigenvalue weighted by molar-refractivity contribution is -0.137. The van der Waals surface area contributed by atoms with Gasteiger partial charge < -0.3 is 10.1 Å². The Morgan fingerprint density at radius 1 is 1.00 bits per heavy atom. The molecule has 11 heteroatoms. The second-order valence-corrected chi connectivity index (χ2v) is 8.93. The Balaban J connectivity index is 1.33. The SMILES string of the molecule is O=C(Nc1ccc(Oc2cccc(-c3nn[nH]n3)c2)nc1)C1(c2cccc(C(F)(F)F)c2)CCCCC1. The van der Waals surface area contributed by atoms with Crippen LogP contribution in [0.5, 0.6) is 11.6 Å². The molecule has 0 bridgehead atoms. The summed E-state index contributed by atoms with van der Waals surface area (Å²) in [5.74, 6) is 0.898. The Labute approximate surface area is 210 Å². The molecular weight excluding hydrogens is 485 g/mol. The number of tetrazole rings is 1. The van der Waals surface area contributed by atoms with Crippen molar-refractivity contribution in [2.45, 2.75) is 43.7 Å². The van der Waals surface area contributed by atoms with Gasteiger partial charge in [-0.1, -0.05) is 49.6 Å². The molecule has 1 fully saturated rings. The van der Waals surface area contributed by atoms with Crippen LogP contribution in [0.2, 0.25) is 0 Å². The Hall–Kier alpha value is -4.28. The van der Waals surface area contributed by atoms with Crippen LogP contribution in [0.15, 0.2) is 66.9 Å². The molecule has 5 rings (SSSR count). The van der Waals surface area contributed by atoms with Crippen molar-refractivity contribution in [1.29, 1.82) is 0 Å². The normalized spacial score (nSPS) is 15.2. The van der Waals surface area contributed by atoms with E-state index in [1.54, 1.807) is 36.4 Å². The molecule has 2 N–H and O–H groups in total. The minimum Gasteiger partial charge on any atom is -0.439 e. The van der Waals surface area contributed by atoms with Crippen LogP contribution >= 0.6 is 0 Å². The maximum atomic E-state index is 13.5. The summed E-state index contributed by atoms with van der Waals surface area (Å²) in [5.41, 5.74) is -0.273. The van der Waals surface area contributed by atoms with Gasteiger partial charge in [0.25, 0.3) is 0 Å².